The first-order valence-electron chi connectivity index (χ1n) is 7.04. The Bertz CT molecular complexity index is 342. The van der Waals surface area contributed by atoms with Gasteiger partial charge in [0.15, 0.2) is 0 Å². The summed E-state index contributed by atoms with van der Waals surface area (Å²) in [6.45, 7) is 10.6. The fourth-order valence-corrected chi connectivity index (χ4v) is 1.88. The van der Waals surface area contributed by atoms with Crippen molar-refractivity contribution in [1.29, 1.82) is 0 Å². The van der Waals surface area contributed by atoms with Gasteiger partial charge in [0, 0.05) is 19.0 Å². The molecule has 0 fully saturated rings. The van der Waals surface area contributed by atoms with E-state index in [2.05, 4.69) is 39.5 Å². The average molecular weight is 266 g/mol. The van der Waals surface area contributed by atoms with Crippen molar-refractivity contribution < 1.29 is 0 Å². The van der Waals surface area contributed by atoms with E-state index in [9.17, 15) is 0 Å². The third kappa shape index (κ3) is 5.40. The molecule has 1 rings (SSSR count). The smallest absolute Gasteiger partial charge is 0.145 e. The zero-order valence-corrected chi connectivity index (χ0v) is 12.2. The molecule has 0 saturated heterocycles. The van der Waals surface area contributed by atoms with E-state index in [1.807, 2.05) is 13.0 Å². The first-order chi connectivity index (χ1) is 9.23. The van der Waals surface area contributed by atoms with Gasteiger partial charge in [-0.25, -0.2) is 15.8 Å². The summed E-state index contributed by atoms with van der Waals surface area (Å²) in [5.74, 6) is 7.68. The van der Waals surface area contributed by atoms with Gasteiger partial charge >= 0.3 is 0 Å². The predicted octanol–water partition coefficient (Wildman–Crippen LogP) is 1.47. The minimum atomic E-state index is 0.651. The number of nitrogen functional groups attached to an aromatic ring is 1. The zero-order chi connectivity index (χ0) is 14.1. The maximum absolute atomic E-state index is 5.40. The molecule has 4 N–H and O–H groups in total. The Morgan fingerprint density at radius 1 is 1.16 bits per heavy atom. The molecule has 0 aromatic carbocycles. The molecular formula is C13H26N6. The molecule has 108 valence electrons. The summed E-state index contributed by atoms with van der Waals surface area (Å²) >= 11 is 0. The van der Waals surface area contributed by atoms with Gasteiger partial charge in [-0.3, -0.25) is 0 Å². The van der Waals surface area contributed by atoms with Gasteiger partial charge in [0.2, 0.25) is 0 Å². The highest BCUT2D eigenvalue weighted by Crippen LogP contribution is 2.10. The van der Waals surface area contributed by atoms with E-state index in [1.165, 1.54) is 0 Å². The first kappa shape index (κ1) is 15.7. The summed E-state index contributed by atoms with van der Waals surface area (Å²) in [5, 5.41) is 3.32. The number of hydrazine groups is 1. The zero-order valence-electron chi connectivity index (χ0n) is 12.2. The van der Waals surface area contributed by atoms with E-state index in [0.29, 0.717) is 5.82 Å². The van der Waals surface area contributed by atoms with E-state index in [-0.39, 0.29) is 0 Å². The topological polar surface area (TPSA) is 79.1 Å². The second-order valence-corrected chi connectivity index (χ2v) is 4.36. The molecule has 1 aromatic heterocycles. The van der Waals surface area contributed by atoms with Crippen LogP contribution in [0, 0.1) is 0 Å². The summed E-state index contributed by atoms with van der Waals surface area (Å²) in [6.07, 6.45) is 1.89. The van der Waals surface area contributed by atoms with Crippen LogP contribution in [0.15, 0.2) is 6.07 Å². The maximum atomic E-state index is 5.40. The molecule has 0 spiro atoms. The summed E-state index contributed by atoms with van der Waals surface area (Å²) in [5.41, 5.74) is 2.57. The lowest BCUT2D eigenvalue weighted by atomic mass is 10.3. The Balaban J connectivity index is 2.44. The predicted molar refractivity (Wildman–Crippen MR) is 80.1 cm³/mol. The second-order valence-electron chi connectivity index (χ2n) is 4.36. The molecule has 6 nitrogen and oxygen atoms in total. The molecule has 1 heterocycles. The van der Waals surface area contributed by atoms with E-state index < -0.39 is 0 Å². The van der Waals surface area contributed by atoms with Crippen LogP contribution in [-0.2, 0) is 6.42 Å². The molecule has 0 atom stereocenters. The summed E-state index contributed by atoms with van der Waals surface area (Å²) in [4.78, 5) is 11.1. The number of hydrogen-bond donors (Lipinski definition) is 3. The molecule has 6 heteroatoms. The van der Waals surface area contributed by atoms with Crippen molar-refractivity contribution in [2.45, 2.75) is 33.6 Å². The van der Waals surface area contributed by atoms with Crippen LogP contribution < -0.4 is 16.6 Å². The Hall–Kier alpha value is -1.40. The SMILES string of the molecule is CCc1nc(NN)cc(NCCCN(CC)CC)n1. The van der Waals surface area contributed by atoms with Crippen molar-refractivity contribution in [3.05, 3.63) is 11.9 Å². The van der Waals surface area contributed by atoms with Gasteiger partial charge in [-0.2, -0.15) is 0 Å². The lowest BCUT2D eigenvalue weighted by Crippen LogP contribution is -2.25. The van der Waals surface area contributed by atoms with Crippen LogP contribution in [0.1, 0.15) is 33.0 Å². The van der Waals surface area contributed by atoms with Crippen LogP contribution in [0.5, 0.6) is 0 Å². The fourth-order valence-electron chi connectivity index (χ4n) is 1.88. The van der Waals surface area contributed by atoms with Crippen molar-refractivity contribution in [2.24, 2.45) is 5.84 Å². The number of anilines is 2. The molecule has 0 aliphatic rings. The molecule has 0 bridgehead atoms. The maximum Gasteiger partial charge on any atom is 0.145 e. The molecule has 0 aliphatic heterocycles. The highest BCUT2D eigenvalue weighted by Gasteiger charge is 2.03. The standard InChI is InChI=1S/C13H26N6/c1-4-11-16-12(10-13(17-11)18-14)15-8-7-9-19(5-2)6-3/h10H,4-9,14H2,1-3H3,(H2,15,16,17,18). The first-order valence-corrected chi connectivity index (χ1v) is 7.04. The molecular weight excluding hydrogens is 240 g/mol. The van der Waals surface area contributed by atoms with E-state index in [4.69, 9.17) is 5.84 Å². The quantitative estimate of drug-likeness (QED) is 0.357. The summed E-state index contributed by atoms with van der Waals surface area (Å²) in [6, 6.07) is 1.83. The number of rotatable bonds is 9. The van der Waals surface area contributed by atoms with Crippen molar-refractivity contribution in [2.75, 3.05) is 36.9 Å². The van der Waals surface area contributed by atoms with E-state index >= 15 is 0 Å². The molecule has 0 amide bonds. The van der Waals surface area contributed by atoms with Crippen LogP contribution in [0.2, 0.25) is 0 Å². The number of hydrogen-bond acceptors (Lipinski definition) is 6. The van der Waals surface area contributed by atoms with Gasteiger partial charge in [-0.15, -0.1) is 0 Å². The Labute approximate surface area is 115 Å². The number of aryl methyl sites for hydroxylation is 1. The van der Waals surface area contributed by atoms with E-state index in [0.717, 1.165) is 50.7 Å². The Morgan fingerprint density at radius 2 is 1.84 bits per heavy atom. The van der Waals surface area contributed by atoms with Crippen molar-refractivity contribution in [3.8, 4) is 0 Å². The van der Waals surface area contributed by atoms with Gasteiger partial charge in [-0.05, 0) is 26.1 Å². The van der Waals surface area contributed by atoms with Crippen molar-refractivity contribution in [3.63, 3.8) is 0 Å². The number of nitrogens with one attached hydrogen (secondary N) is 2. The van der Waals surface area contributed by atoms with Crippen LogP contribution in [0.4, 0.5) is 11.6 Å². The van der Waals surface area contributed by atoms with Gasteiger partial charge in [0.1, 0.15) is 17.5 Å². The fraction of sp³-hybridized carbons (Fsp3) is 0.692. The van der Waals surface area contributed by atoms with Crippen LogP contribution >= 0.6 is 0 Å². The molecule has 0 aliphatic carbocycles. The van der Waals surface area contributed by atoms with Gasteiger partial charge in [-0.1, -0.05) is 20.8 Å². The lowest BCUT2D eigenvalue weighted by molar-refractivity contribution is 0.303. The largest absolute Gasteiger partial charge is 0.370 e. The van der Waals surface area contributed by atoms with Gasteiger partial charge in [0.25, 0.3) is 0 Å². The van der Waals surface area contributed by atoms with Crippen molar-refractivity contribution >= 4 is 11.6 Å². The van der Waals surface area contributed by atoms with Crippen LogP contribution in [0.3, 0.4) is 0 Å². The minimum absolute atomic E-state index is 0.651. The summed E-state index contributed by atoms with van der Waals surface area (Å²) in [7, 11) is 0. The molecule has 19 heavy (non-hydrogen) atoms. The van der Waals surface area contributed by atoms with Crippen molar-refractivity contribution in [1.82, 2.24) is 14.9 Å². The highest BCUT2D eigenvalue weighted by atomic mass is 15.3. The monoisotopic (exact) mass is 266 g/mol. The third-order valence-electron chi connectivity index (χ3n) is 3.09. The van der Waals surface area contributed by atoms with Gasteiger partial charge in [0.05, 0.1) is 0 Å². The third-order valence-corrected chi connectivity index (χ3v) is 3.09. The number of aromatic nitrogens is 2. The molecule has 0 radical (unpaired) electrons. The second kappa shape index (κ2) is 8.66. The highest BCUT2D eigenvalue weighted by molar-refractivity contribution is 5.46. The van der Waals surface area contributed by atoms with Crippen LogP contribution in [-0.4, -0.2) is 41.0 Å². The number of nitrogens with zero attached hydrogens (tertiary/aromatic N) is 3. The van der Waals surface area contributed by atoms with Gasteiger partial charge < -0.3 is 15.6 Å². The molecule has 0 unspecified atom stereocenters. The lowest BCUT2D eigenvalue weighted by Gasteiger charge is -2.17. The Morgan fingerprint density at radius 3 is 2.42 bits per heavy atom. The Kier molecular flexibility index (Phi) is 7.14. The number of nitrogens with two attached hydrogens (primary N) is 1. The summed E-state index contributed by atoms with van der Waals surface area (Å²) < 4.78 is 0. The minimum Gasteiger partial charge on any atom is -0.370 e. The van der Waals surface area contributed by atoms with Crippen LogP contribution in [0.25, 0.3) is 0 Å². The molecule has 0 saturated carbocycles. The van der Waals surface area contributed by atoms with E-state index in [1.54, 1.807) is 0 Å². The normalized spacial score (nSPS) is 10.8. The molecule has 1 aromatic rings. The average Bonchev–Trinajstić information content (AvgIpc) is 2.47.